The number of phenolic OH excluding ortho intramolecular Hbond substituents is 2. The van der Waals surface area contributed by atoms with Gasteiger partial charge in [0.25, 0.3) is 0 Å². The molecular weight excluding hydrogens is 416 g/mol. The van der Waals surface area contributed by atoms with Crippen molar-refractivity contribution in [2.45, 2.75) is 49.3 Å². The quantitative estimate of drug-likeness (QED) is 0.456. The molecule has 31 heavy (non-hydrogen) atoms. The zero-order chi connectivity index (χ0) is 22.8. The topological polar surface area (TPSA) is 119 Å². The van der Waals surface area contributed by atoms with E-state index in [-0.39, 0.29) is 22.3 Å². The Hall–Kier alpha value is -3.00. The van der Waals surface area contributed by atoms with Gasteiger partial charge in [0.15, 0.2) is 21.3 Å². The number of hydrogen-bond donors (Lipinski definition) is 4. The van der Waals surface area contributed by atoms with E-state index in [2.05, 4.69) is 10.3 Å². The van der Waals surface area contributed by atoms with Gasteiger partial charge in [-0.25, -0.2) is 8.42 Å². The highest BCUT2D eigenvalue weighted by Crippen LogP contribution is 2.50. The second kappa shape index (κ2) is 6.75. The number of rotatable bonds is 4. The van der Waals surface area contributed by atoms with Gasteiger partial charge in [0.05, 0.1) is 10.3 Å². The second-order valence-corrected chi connectivity index (χ2v) is 11.3. The van der Waals surface area contributed by atoms with Gasteiger partial charge in [0, 0.05) is 34.0 Å². The van der Waals surface area contributed by atoms with Gasteiger partial charge in [-0.2, -0.15) is 0 Å². The van der Waals surface area contributed by atoms with Crippen molar-refractivity contribution < 1.29 is 23.4 Å². The largest absolute Gasteiger partial charge is 0.504 e. The first-order valence-electron chi connectivity index (χ1n) is 10.0. The smallest absolute Gasteiger partial charge is 0.235 e. The van der Waals surface area contributed by atoms with E-state index in [1.54, 1.807) is 24.3 Å². The van der Waals surface area contributed by atoms with Crippen LogP contribution >= 0.6 is 0 Å². The molecule has 0 radical (unpaired) electrons. The number of aromatic amines is 1. The van der Waals surface area contributed by atoms with Gasteiger partial charge in [-0.15, -0.1) is 0 Å². The molecular formula is C23H26N2O5S. The number of benzene rings is 2. The molecule has 7 nitrogen and oxygen atoms in total. The molecule has 3 aromatic rings. The molecule has 1 aliphatic rings. The van der Waals surface area contributed by atoms with Crippen molar-refractivity contribution in [1.82, 2.24) is 4.98 Å². The predicted molar refractivity (Wildman–Crippen MR) is 119 cm³/mol. The summed E-state index contributed by atoms with van der Waals surface area (Å²) >= 11 is 0. The number of hydrogen-bond acceptors (Lipinski definition) is 5. The van der Waals surface area contributed by atoms with Crippen LogP contribution in [0.4, 0.5) is 5.69 Å². The van der Waals surface area contributed by atoms with Crippen LogP contribution in [0.1, 0.15) is 44.9 Å². The van der Waals surface area contributed by atoms with Crippen molar-refractivity contribution >= 4 is 32.3 Å². The molecule has 2 aromatic carbocycles. The first-order chi connectivity index (χ1) is 14.3. The van der Waals surface area contributed by atoms with E-state index in [0.29, 0.717) is 40.7 Å². The molecule has 1 saturated carbocycles. The van der Waals surface area contributed by atoms with Gasteiger partial charge in [-0.3, -0.25) is 4.79 Å². The van der Waals surface area contributed by atoms with E-state index in [1.807, 2.05) is 20.8 Å². The number of H-pyrrole nitrogens is 1. The molecule has 0 atom stereocenters. The first kappa shape index (κ1) is 21.2. The summed E-state index contributed by atoms with van der Waals surface area (Å²) < 4.78 is 25.1. The molecule has 4 rings (SSSR count). The standard InChI is InChI=1S/C23H26N2O5S/c1-22(2,3)20-19(31(4,29)30)15-12-14(6-7-16(15)25-20)24-21(28)23(9-10-23)13-5-8-17(26)18(27)11-13/h5-8,11-12,25-27H,9-10H2,1-4H3,(H,24,28). The molecule has 8 heteroatoms. The Bertz CT molecular complexity index is 1310. The number of fused-ring (bicyclic) bond motifs is 1. The van der Waals surface area contributed by atoms with Crippen LogP contribution in [0, 0.1) is 0 Å². The second-order valence-electron chi connectivity index (χ2n) is 9.35. The molecule has 1 amide bonds. The normalized spacial score (nSPS) is 15.7. The van der Waals surface area contributed by atoms with Crippen LogP contribution in [0.3, 0.4) is 0 Å². The van der Waals surface area contributed by atoms with E-state index in [9.17, 15) is 23.4 Å². The van der Waals surface area contributed by atoms with Crippen LogP contribution in [-0.2, 0) is 25.5 Å². The van der Waals surface area contributed by atoms with E-state index in [1.165, 1.54) is 18.4 Å². The maximum atomic E-state index is 13.1. The van der Waals surface area contributed by atoms with Crippen molar-refractivity contribution in [1.29, 1.82) is 0 Å². The number of amides is 1. The average molecular weight is 443 g/mol. The zero-order valence-corrected chi connectivity index (χ0v) is 18.7. The fraction of sp³-hybridized carbons (Fsp3) is 0.348. The minimum Gasteiger partial charge on any atom is -0.504 e. The lowest BCUT2D eigenvalue weighted by Gasteiger charge is -2.18. The molecule has 0 bridgehead atoms. The Kier molecular flexibility index (Phi) is 4.62. The Labute approximate surface area is 181 Å². The Morgan fingerprint density at radius 3 is 2.29 bits per heavy atom. The van der Waals surface area contributed by atoms with E-state index in [4.69, 9.17) is 0 Å². The van der Waals surface area contributed by atoms with Crippen molar-refractivity contribution in [3.05, 3.63) is 47.7 Å². The lowest BCUT2D eigenvalue weighted by atomic mass is 9.92. The molecule has 4 N–H and O–H groups in total. The molecule has 1 fully saturated rings. The molecule has 1 heterocycles. The van der Waals surface area contributed by atoms with Gasteiger partial charge in [-0.1, -0.05) is 26.8 Å². The van der Waals surface area contributed by atoms with Gasteiger partial charge in [0.1, 0.15) is 0 Å². The summed E-state index contributed by atoms with van der Waals surface area (Å²) in [7, 11) is -3.51. The van der Waals surface area contributed by atoms with E-state index in [0.717, 1.165) is 0 Å². The molecule has 1 aliphatic carbocycles. The third kappa shape index (κ3) is 3.65. The van der Waals surface area contributed by atoms with E-state index < -0.39 is 20.7 Å². The van der Waals surface area contributed by atoms with Crippen molar-refractivity contribution in [3.63, 3.8) is 0 Å². The van der Waals surface area contributed by atoms with Gasteiger partial charge >= 0.3 is 0 Å². The van der Waals surface area contributed by atoms with Crippen LogP contribution in [0.2, 0.25) is 0 Å². The van der Waals surface area contributed by atoms with Crippen LogP contribution in [0.5, 0.6) is 11.5 Å². The Morgan fingerprint density at radius 1 is 1.06 bits per heavy atom. The SMILES string of the molecule is CC(C)(C)c1[nH]c2ccc(NC(=O)C3(c4ccc(O)c(O)c4)CC3)cc2c1S(C)(=O)=O. The molecule has 0 spiro atoms. The number of aromatic hydroxyl groups is 2. The summed E-state index contributed by atoms with van der Waals surface area (Å²) in [5, 5.41) is 22.8. The number of phenols is 2. The summed E-state index contributed by atoms with van der Waals surface area (Å²) in [4.78, 5) is 16.6. The summed E-state index contributed by atoms with van der Waals surface area (Å²) in [6.07, 6.45) is 2.43. The fourth-order valence-corrected chi connectivity index (χ4v) is 5.30. The summed E-state index contributed by atoms with van der Waals surface area (Å²) in [5.41, 5.74) is 1.28. The van der Waals surface area contributed by atoms with Crippen molar-refractivity contribution in [2.75, 3.05) is 11.6 Å². The van der Waals surface area contributed by atoms with E-state index >= 15 is 0 Å². The molecule has 0 unspecified atom stereocenters. The van der Waals surface area contributed by atoms with Gasteiger partial charge in [-0.05, 0) is 48.7 Å². The molecule has 0 aliphatic heterocycles. The maximum absolute atomic E-state index is 13.1. The lowest BCUT2D eigenvalue weighted by molar-refractivity contribution is -0.118. The Morgan fingerprint density at radius 2 is 1.74 bits per heavy atom. The number of carbonyl (C=O) groups excluding carboxylic acids is 1. The van der Waals surface area contributed by atoms with Crippen molar-refractivity contribution in [2.24, 2.45) is 0 Å². The highest BCUT2D eigenvalue weighted by Gasteiger charge is 2.51. The molecule has 0 saturated heterocycles. The van der Waals surface area contributed by atoms with Crippen LogP contribution < -0.4 is 5.32 Å². The highest BCUT2D eigenvalue weighted by molar-refractivity contribution is 7.91. The minimum atomic E-state index is -3.51. The summed E-state index contributed by atoms with van der Waals surface area (Å²) in [6, 6.07) is 9.60. The molecule has 164 valence electrons. The van der Waals surface area contributed by atoms with Crippen LogP contribution in [0.25, 0.3) is 10.9 Å². The summed E-state index contributed by atoms with van der Waals surface area (Å²) in [6.45, 7) is 5.83. The fourth-order valence-electron chi connectivity index (χ4n) is 4.00. The van der Waals surface area contributed by atoms with Crippen molar-refractivity contribution in [3.8, 4) is 11.5 Å². The van der Waals surface area contributed by atoms with Gasteiger partial charge < -0.3 is 20.5 Å². The van der Waals surface area contributed by atoms with Crippen LogP contribution in [-0.4, -0.2) is 35.8 Å². The predicted octanol–water partition coefficient (Wildman–Crippen LogP) is 3.95. The average Bonchev–Trinajstić information content (AvgIpc) is 3.36. The maximum Gasteiger partial charge on any atom is 0.235 e. The number of carbonyl (C=O) groups is 1. The first-order valence-corrected chi connectivity index (χ1v) is 11.9. The Balaban J connectivity index is 1.72. The monoisotopic (exact) mass is 442 g/mol. The number of anilines is 1. The highest BCUT2D eigenvalue weighted by atomic mass is 32.2. The van der Waals surface area contributed by atoms with Crippen LogP contribution in [0.15, 0.2) is 41.3 Å². The minimum absolute atomic E-state index is 0.232. The zero-order valence-electron chi connectivity index (χ0n) is 17.9. The number of sulfone groups is 1. The number of nitrogens with one attached hydrogen (secondary N) is 2. The van der Waals surface area contributed by atoms with Gasteiger partial charge in [0.2, 0.25) is 5.91 Å². The summed E-state index contributed by atoms with van der Waals surface area (Å²) in [5.74, 6) is -0.733. The third-order valence-electron chi connectivity index (χ3n) is 5.84. The lowest BCUT2D eigenvalue weighted by Crippen LogP contribution is -2.27. The third-order valence-corrected chi connectivity index (χ3v) is 7.01. The number of aromatic nitrogens is 1. The molecule has 1 aromatic heterocycles.